The van der Waals surface area contributed by atoms with Crippen molar-refractivity contribution in [3.05, 3.63) is 87.9 Å². The summed E-state index contributed by atoms with van der Waals surface area (Å²) in [6.45, 7) is 7.09. The van der Waals surface area contributed by atoms with Gasteiger partial charge in [0.15, 0.2) is 0 Å². The van der Waals surface area contributed by atoms with Gasteiger partial charge < -0.3 is 10.2 Å². The second-order valence-corrected chi connectivity index (χ2v) is 13.6. The van der Waals surface area contributed by atoms with Crippen LogP contribution < -0.4 is 9.62 Å². The summed E-state index contributed by atoms with van der Waals surface area (Å²) in [6.07, 6.45) is 2.95. The van der Waals surface area contributed by atoms with Gasteiger partial charge in [0.2, 0.25) is 11.8 Å². The zero-order valence-electron chi connectivity index (χ0n) is 24.4. The Morgan fingerprint density at radius 1 is 0.929 bits per heavy atom. The number of benzene rings is 3. The van der Waals surface area contributed by atoms with E-state index < -0.39 is 28.5 Å². The lowest BCUT2D eigenvalue weighted by Crippen LogP contribution is -2.53. The van der Waals surface area contributed by atoms with Crippen molar-refractivity contribution in [3.8, 4) is 0 Å². The quantitative estimate of drug-likeness (QED) is 0.203. The van der Waals surface area contributed by atoms with Crippen molar-refractivity contribution >= 4 is 62.5 Å². The third-order valence-electron chi connectivity index (χ3n) is 6.97. The van der Waals surface area contributed by atoms with Crippen LogP contribution in [0.4, 0.5) is 5.69 Å². The van der Waals surface area contributed by atoms with E-state index in [0.29, 0.717) is 27.7 Å². The van der Waals surface area contributed by atoms with Gasteiger partial charge in [0.25, 0.3) is 10.0 Å². The molecule has 0 bridgehead atoms. The number of halogens is 2. The summed E-state index contributed by atoms with van der Waals surface area (Å²) in [6, 6.07) is 17.5. The van der Waals surface area contributed by atoms with Gasteiger partial charge in [-0.15, -0.1) is 11.8 Å². The fourth-order valence-electron chi connectivity index (χ4n) is 4.31. The van der Waals surface area contributed by atoms with Crippen LogP contribution in [0.5, 0.6) is 0 Å². The molecule has 0 unspecified atom stereocenters. The number of hydrogen-bond donors (Lipinski definition) is 1. The first-order valence-electron chi connectivity index (χ1n) is 13.7. The summed E-state index contributed by atoms with van der Waals surface area (Å²) in [5.41, 5.74) is 1.94. The third-order valence-corrected chi connectivity index (χ3v) is 10.2. The monoisotopic (exact) mass is 649 g/mol. The number of amides is 2. The molecule has 2 atom stereocenters. The minimum atomic E-state index is -4.14. The molecule has 0 saturated heterocycles. The zero-order valence-corrected chi connectivity index (χ0v) is 27.6. The molecule has 0 aliphatic rings. The fraction of sp³-hybridized carbons (Fsp3) is 0.355. The lowest BCUT2D eigenvalue weighted by molar-refractivity contribution is -0.140. The third kappa shape index (κ3) is 8.43. The number of rotatable bonds is 13. The van der Waals surface area contributed by atoms with E-state index in [1.54, 1.807) is 54.6 Å². The molecule has 226 valence electrons. The Balaban J connectivity index is 2.07. The van der Waals surface area contributed by atoms with Crippen LogP contribution in [0.15, 0.2) is 76.5 Å². The van der Waals surface area contributed by atoms with Crippen molar-refractivity contribution in [3.63, 3.8) is 0 Å². The standard InChI is InChI=1S/C31H37Cl2N3O4S2/c1-6-22(4)34-31(38)29(7-2)35(19-23-10-17-27(32)28(33)18-23)30(37)20-36(24-11-8-21(3)9-12-24)42(39,40)26-15-13-25(41-5)14-16-26/h8-18,22,29H,6-7,19-20H2,1-5H3,(H,34,38)/t22-,29-/m1/s1. The minimum Gasteiger partial charge on any atom is -0.352 e. The van der Waals surface area contributed by atoms with Crippen LogP contribution in [0.1, 0.15) is 44.7 Å². The van der Waals surface area contributed by atoms with Crippen molar-refractivity contribution in [1.29, 1.82) is 0 Å². The van der Waals surface area contributed by atoms with Gasteiger partial charge in [0.1, 0.15) is 12.6 Å². The highest BCUT2D eigenvalue weighted by atomic mass is 35.5. The van der Waals surface area contributed by atoms with Gasteiger partial charge in [-0.2, -0.15) is 0 Å². The molecule has 0 heterocycles. The molecule has 0 saturated carbocycles. The highest BCUT2D eigenvalue weighted by Gasteiger charge is 2.34. The van der Waals surface area contributed by atoms with Crippen LogP contribution >= 0.6 is 35.0 Å². The number of sulfonamides is 1. The van der Waals surface area contributed by atoms with Crippen LogP contribution in [0.3, 0.4) is 0 Å². The van der Waals surface area contributed by atoms with E-state index in [2.05, 4.69) is 5.32 Å². The average molecular weight is 651 g/mol. The summed E-state index contributed by atoms with van der Waals surface area (Å²) < 4.78 is 29.1. The van der Waals surface area contributed by atoms with Crippen molar-refractivity contribution in [1.82, 2.24) is 10.2 Å². The topological polar surface area (TPSA) is 86.8 Å². The number of aryl methyl sites for hydroxylation is 1. The van der Waals surface area contributed by atoms with Gasteiger partial charge in [-0.3, -0.25) is 13.9 Å². The molecule has 0 aliphatic carbocycles. The molecule has 0 radical (unpaired) electrons. The summed E-state index contributed by atoms with van der Waals surface area (Å²) in [5, 5.41) is 3.65. The molecule has 0 fully saturated rings. The summed E-state index contributed by atoms with van der Waals surface area (Å²) in [7, 11) is -4.14. The maximum atomic E-state index is 14.2. The van der Waals surface area contributed by atoms with Gasteiger partial charge in [0, 0.05) is 17.5 Å². The minimum absolute atomic E-state index is 0.0341. The van der Waals surface area contributed by atoms with E-state index in [4.69, 9.17) is 23.2 Å². The van der Waals surface area contributed by atoms with Crippen LogP contribution in [0.25, 0.3) is 0 Å². The Morgan fingerprint density at radius 3 is 2.12 bits per heavy atom. The van der Waals surface area contributed by atoms with Gasteiger partial charge in [-0.05, 0) is 87.0 Å². The largest absolute Gasteiger partial charge is 0.352 e. The first kappa shape index (κ1) is 33.8. The van der Waals surface area contributed by atoms with E-state index >= 15 is 0 Å². The zero-order chi connectivity index (χ0) is 31.0. The van der Waals surface area contributed by atoms with E-state index in [9.17, 15) is 18.0 Å². The maximum Gasteiger partial charge on any atom is 0.264 e. The number of hydrogen-bond acceptors (Lipinski definition) is 5. The molecule has 3 aromatic carbocycles. The summed E-state index contributed by atoms with van der Waals surface area (Å²) in [5.74, 6) is -0.838. The number of anilines is 1. The molecule has 42 heavy (non-hydrogen) atoms. The molecule has 7 nitrogen and oxygen atoms in total. The second-order valence-electron chi connectivity index (χ2n) is 10.0. The number of thioether (sulfide) groups is 1. The Hall–Kier alpha value is -2.72. The molecule has 3 aromatic rings. The Bertz CT molecular complexity index is 1480. The van der Waals surface area contributed by atoms with Crippen molar-refractivity contribution in [2.75, 3.05) is 17.1 Å². The first-order valence-corrected chi connectivity index (χ1v) is 17.1. The van der Waals surface area contributed by atoms with Crippen molar-refractivity contribution in [2.45, 2.75) is 69.0 Å². The molecule has 0 aliphatic heterocycles. The Kier molecular flexibility index (Phi) is 12.2. The molecule has 0 spiro atoms. The van der Waals surface area contributed by atoms with Gasteiger partial charge >= 0.3 is 0 Å². The average Bonchev–Trinajstić information content (AvgIpc) is 2.97. The molecule has 11 heteroatoms. The maximum absolute atomic E-state index is 14.2. The van der Waals surface area contributed by atoms with Crippen molar-refractivity contribution < 1.29 is 18.0 Å². The lowest BCUT2D eigenvalue weighted by Gasteiger charge is -2.33. The van der Waals surface area contributed by atoms with Crippen LogP contribution in [0.2, 0.25) is 10.0 Å². The lowest BCUT2D eigenvalue weighted by atomic mass is 10.1. The van der Waals surface area contributed by atoms with Crippen LogP contribution in [0, 0.1) is 6.92 Å². The van der Waals surface area contributed by atoms with E-state index in [0.717, 1.165) is 21.2 Å². The number of carbonyl (C=O) groups excluding carboxylic acids is 2. The van der Waals surface area contributed by atoms with E-state index in [-0.39, 0.29) is 23.4 Å². The highest BCUT2D eigenvalue weighted by molar-refractivity contribution is 7.98. The molecule has 3 rings (SSSR count). The normalized spacial score (nSPS) is 12.8. The molecular weight excluding hydrogens is 613 g/mol. The molecular formula is C31H37Cl2N3O4S2. The number of nitrogens with zero attached hydrogens (tertiary/aromatic N) is 2. The van der Waals surface area contributed by atoms with E-state index in [1.807, 2.05) is 34.0 Å². The predicted octanol–water partition coefficient (Wildman–Crippen LogP) is 6.94. The molecule has 1 N–H and O–H groups in total. The Morgan fingerprint density at radius 2 is 1.57 bits per heavy atom. The summed E-state index contributed by atoms with van der Waals surface area (Å²) in [4.78, 5) is 30.0. The van der Waals surface area contributed by atoms with Gasteiger partial charge in [-0.25, -0.2) is 8.42 Å². The highest BCUT2D eigenvalue weighted by Crippen LogP contribution is 2.28. The second kappa shape index (κ2) is 15.1. The fourth-order valence-corrected chi connectivity index (χ4v) is 6.45. The van der Waals surface area contributed by atoms with Crippen LogP contribution in [-0.4, -0.2) is 50.0 Å². The predicted molar refractivity (Wildman–Crippen MR) is 173 cm³/mol. The first-order chi connectivity index (χ1) is 19.9. The van der Waals surface area contributed by atoms with Gasteiger partial charge in [0.05, 0.1) is 20.6 Å². The number of nitrogens with one attached hydrogen (secondary N) is 1. The van der Waals surface area contributed by atoms with Crippen LogP contribution in [-0.2, 0) is 26.2 Å². The van der Waals surface area contributed by atoms with E-state index in [1.165, 1.54) is 28.8 Å². The molecule has 0 aromatic heterocycles. The SMILES string of the molecule is CC[C@@H](C)NC(=O)[C@@H](CC)N(Cc1ccc(Cl)c(Cl)c1)C(=O)CN(c1ccc(C)cc1)S(=O)(=O)c1ccc(SC)cc1. The number of carbonyl (C=O) groups is 2. The van der Waals surface area contributed by atoms with Crippen molar-refractivity contribution in [2.24, 2.45) is 0 Å². The van der Waals surface area contributed by atoms with Gasteiger partial charge in [-0.1, -0.05) is 60.8 Å². The summed E-state index contributed by atoms with van der Waals surface area (Å²) >= 11 is 13.9. The smallest absolute Gasteiger partial charge is 0.264 e. The molecule has 2 amide bonds. The Labute approximate surface area is 263 Å².